The Hall–Kier alpha value is -1.40. The molecule has 1 saturated heterocycles. The zero-order valence-corrected chi connectivity index (χ0v) is 14.6. The van der Waals surface area contributed by atoms with Crippen LogP contribution in [0.2, 0.25) is 0 Å². The smallest absolute Gasteiger partial charge is 0.225 e. The molecule has 130 valence electrons. The normalized spacial score (nSPS) is 26.8. The van der Waals surface area contributed by atoms with Crippen LogP contribution in [0.15, 0.2) is 11.4 Å². The van der Waals surface area contributed by atoms with E-state index in [0.717, 1.165) is 38.6 Å². The number of hydrogen-bond donors (Lipinski definition) is 1. The lowest BCUT2D eigenvalue weighted by Crippen LogP contribution is -2.46. The predicted molar refractivity (Wildman–Crippen MR) is 91.8 cm³/mol. The largest absolute Gasteiger partial charge is 0.372 e. The maximum atomic E-state index is 12.7. The average molecular weight is 348 g/mol. The molecule has 2 atom stereocenters. The Bertz CT molecular complexity index is 626. The molecule has 2 aliphatic heterocycles. The van der Waals surface area contributed by atoms with Crippen molar-refractivity contribution in [1.82, 2.24) is 10.2 Å². The van der Waals surface area contributed by atoms with E-state index in [1.165, 1.54) is 10.4 Å². The molecular formula is C18H24N2O3S. The fourth-order valence-electron chi connectivity index (χ4n) is 3.63. The van der Waals surface area contributed by atoms with E-state index >= 15 is 0 Å². The van der Waals surface area contributed by atoms with E-state index in [1.807, 2.05) is 4.90 Å². The molecule has 1 aliphatic carbocycles. The molecule has 6 heteroatoms. The zero-order chi connectivity index (χ0) is 16.5. The highest BCUT2D eigenvalue weighted by atomic mass is 32.1. The number of nitrogens with zero attached hydrogens (tertiary/aromatic N) is 1. The lowest BCUT2D eigenvalue weighted by Gasteiger charge is -2.33. The Labute approximate surface area is 146 Å². The third-order valence-electron chi connectivity index (χ3n) is 5.19. The van der Waals surface area contributed by atoms with Gasteiger partial charge in [0.15, 0.2) is 0 Å². The first-order valence-corrected chi connectivity index (χ1v) is 9.84. The van der Waals surface area contributed by atoms with Gasteiger partial charge in [-0.3, -0.25) is 9.59 Å². The first kappa shape index (κ1) is 16.1. The molecule has 1 N–H and O–H groups in total. The SMILES string of the molecule is O=C(NC1CC1)[C@@H]1CCCN(C(=O)C[C@@H]2OCCc3ccsc32)C1. The van der Waals surface area contributed by atoms with Crippen molar-refractivity contribution in [3.63, 3.8) is 0 Å². The zero-order valence-electron chi connectivity index (χ0n) is 13.8. The standard InChI is InChI=1S/C18H24N2O3S/c21-16(10-15-17-12(5-8-23-15)6-9-24-17)20-7-1-2-13(11-20)18(22)19-14-3-4-14/h6,9,13-15H,1-5,7-8,10-11H2,(H,19,22)/t13-,15+/m1/s1. The van der Waals surface area contributed by atoms with Crippen molar-refractivity contribution in [3.8, 4) is 0 Å². The molecule has 0 unspecified atom stereocenters. The molecule has 0 spiro atoms. The quantitative estimate of drug-likeness (QED) is 0.908. The minimum atomic E-state index is -0.109. The van der Waals surface area contributed by atoms with Crippen LogP contribution in [0.1, 0.15) is 48.6 Å². The van der Waals surface area contributed by atoms with Gasteiger partial charge in [-0.25, -0.2) is 0 Å². The maximum absolute atomic E-state index is 12.7. The van der Waals surface area contributed by atoms with Crippen LogP contribution in [-0.4, -0.2) is 42.5 Å². The number of hydrogen-bond acceptors (Lipinski definition) is 4. The summed E-state index contributed by atoms with van der Waals surface area (Å²) in [4.78, 5) is 28.1. The Balaban J connectivity index is 1.35. The van der Waals surface area contributed by atoms with Gasteiger partial charge in [0.1, 0.15) is 6.10 Å². The Morgan fingerprint density at radius 3 is 3.04 bits per heavy atom. The molecule has 4 rings (SSSR count). The van der Waals surface area contributed by atoms with E-state index in [0.29, 0.717) is 25.6 Å². The predicted octanol–water partition coefficient (Wildman–Crippen LogP) is 2.27. The number of carbonyl (C=O) groups is 2. The van der Waals surface area contributed by atoms with E-state index in [1.54, 1.807) is 11.3 Å². The summed E-state index contributed by atoms with van der Waals surface area (Å²) in [6.07, 6.45) is 5.22. The number of piperidine rings is 1. The lowest BCUT2D eigenvalue weighted by atomic mass is 9.96. The maximum Gasteiger partial charge on any atom is 0.225 e. The van der Waals surface area contributed by atoms with Gasteiger partial charge in [0, 0.05) is 24.0 Å². The van der Waals surface area contributed by atoms with Gasteiger partial charge >= 0.3 is 0 Å². The third kappa shape index (κ3) is 3.49. The molecule has 1 aromatic heterocycles. The van der Waals surface area contributed by atoms with Crippen LogP contribution in [0.5, 0.6) is 0 Å². The molecule has 2 amide bonds. The molecule has 1 aromatic rings. The highest BCUT2D eigenvalue weighted by Gasteiger charge is 2.33. The summed E-state index contributed by atoms with van der Waals surface area (Å²) in [6, 6.07) is 2.52. The number of likely N-dealkylation sites (tertiary alicyclic amines) is 1. The van der Waals surface area contributed by atoms with Gasteiger partial charge in [0.25, 0.3) is 0 Å². The number of thiophene rings is 1. The van der Waals surface area contributed by atoms with Crippen LogP contribution in [0.3, 0.4) is 0 Å². The first-order chi connectivity index (χ1) is 11.7. The minimum absolute atomic E-state index is 0.0483. The molecule has 3 aliphatic rings. The van der Waals surface area contributed by atoms with E-state index < -0.39 is 0 Å². The minimum Gasteiger partial charge on any atom is -0.372 e. The number of rotatable bonds is 4. The average Bonchev–Trinajstić information content (AvgIpc) is 3.27. The Morgan fingerprint density at radius 1 is 1.33 bits per heavy atom. The van der Waals surface area contributed by atoms with E-state index in [-0.39, 0.29) is 23.8 Å². The third-order valence-corrected chi connectivity index (χ3v) is 6.24. The molecular weight excluding hydrogens is 324 g/mol. The number of carbonyl (C=O) groups excluding carboxylic acids is 2. The number of ether oxygens (including phenoxy) is 1. The second-order valence-electron chi connectivity index (χ2n) is 7.09. The monoisotopic (exact) mass is 348 g/mol. The van der Waals surface area contributed by atoms with Gasteiger partial charge in [-0.2, -0.15) is 0 Å². The molecule has 0 radical (unpaired) electrons. The van der Waals surface area contributed by atoms with Gasteiger partial charge in [-0.05, 0) is 49.1 Å². The molecule has 24 heavy (non-hydrogen) atoms. The second-order valence-corrected chi connectivity index (χ2v) is 8.03. The molecule has 2 fully saturated rings. The second kappa shape index (κ2) is 6.84. The summed E-state index contributed by atoms with van der Waals surface area (Å²) >= 11 is 1.68. The van der Waals surface area contributed by atoms with Gasteiger partial charge in [0.05, 0.1) is 18.9 Å². The highest BCUT2D eigenvalue weighted by Crippen LogP contribution is 2.34. The number of amides is 2. The number of fused-ring (bicyclic) bond motifs is 1. The van der Waals surface area contributed by atoms with Crippen LogP contribution in [-0.2, 0) is 20.7 Å². The van der Waals surface area contributed by atoms with Crippen molar-refractivity contribution in [2.45, 2.75) is 50.7 Å². The topological polar surface area (TPSA) is 58.6 Å². The van der Waals surface area contributed by atoms with Crippen molar-refractivity contribution >= 4 is 23.2 Å². The van der Waals surface area contributed by atoms with Crippen molar-refractivity contribution in [1.29, 1.82) is 0 Å². The van der Waals surface area contributed by atoms with Crippen molar-refractivity contribution in [2.75, 3.05) is 19.7 Å². The van der Waals surface area contributed by atoms with Crippen LogP contribution >= 0.6 is 11.3 Å². The summed E-state index contributed by atoms with van der Waals surface area (Å²) in [5, 5.41) is 5.15. The number of nitrogens with one attached hydrogen (secondary N) is 1. The molecule has 5 nitrogen and oxygen atoms in total. The summed E-state index contributed by atoms with van der Waals surface area (Å²) in [5.41, 5.74) is 1.32. The summed E-state index contributed by atoms with van der Waals surface area (Å²) < 4.78 is 5.84. The molecule has 0 aromatic carbocycles. The fourth-order valence-corrected chi connectivity index (χ4v) is 4.63. The fraction of sp³-hybridized carbons (Fsp3) is 0.667. The van der Waals surface area contributed by atoms with E-state index in [2.05, 4.69) is 16.8 Å². The van der Waals surface area contributed by atoms with Crippen LogP contribution in [0.4, 0.5) is 0 Å². The Morgan fingerprint density at radius 2 is 2.21 bits per heavy atom. The van der Waals surface area contributed by atoms with Crippen LogP contribution in [0.25, 0.3) is 0 Å². The van der Waals surface area contributed by atoms with Crippen LogP contribution in [0, 0.1) is 5.92 Å². The lowest BCUT2D eigenvalue weighted by molar-refractivity contribution is -0.138. The molecule has 0 bridgehead atoms. The van der Waals surface area contributed by atoms with Gasteiger partial charge in [0.2, 0.25) is 11.8 Å². The highest BCUT2D eigenvalue weighted by molar-refractivity contribution is 7.10. The van der Waals surface area contributed by atoms with Gasteiger partial charge in [-0.15, -0.1) is 11.3 Å². The van der Waals surface area contributed by atoms with Crippen molar-refractivity contribution in [2.24, 2.45) is 5.92 Å². The molecule has 1 saturated carbocycles. The van der Waals surface area contributed by atoms with Crippen molar-refractivity contribution < 1.29 is 14.3 Å². The van der Waals surface area contributed by atoms with Gasteiger partial charge in [-0.1, -0.05) is 0 Å². The summed E-state index contributed by atoms with van der Waals surface area (Å²) in [6.45, 7) is 2.01. The van der Waals surface area contributed by atoms with E-state index in [9.17, 15) is 9.59 Å². The first-order valence-electron chi connectivity index (χ1n) is 8.96. The van der Waals surface area contributed by atoms with Gasteiger partial charge < -0.3 is 15.0 Å². The summed E-state index contributed by atoms with van der Waals surface area (Å²) in [7, 11) is 0. The molecule has 3 heterocycles. The Kier molecular flexibility index (Phi) is 4.59. The summed E-state index contributed by atoms with van der Waals surface area (Å²) in [5.74, 6) is 0.197. The van der Waals surface area contributed by atoms with Crippen molar-refractivity contribution in [3.05, 3.63) is 21.9 Å². The van der Waals surface area contributed by atoms with E-state index in [4.69, 9.17) is 4.74 Å². The van der Waals surface area contributed by atoms with Crippen LogP contribution < -0.4 is 5.32 Å².